The highest BCUT2D eigenvalue weighted by molar-refractivity contribution is 6.39. The van der Waals surface area contributed by atoms with Gasteiger partial charge in [0.2, 0.25) is 0 Å². The van der Waals surface area contributed by atoms with Gasteiger partial charge in [-0.15, -0.1) is 0 Å². The summed E-state index contributed by atoms with van der Waals surface area (Å²) in [6.07, 6.45) is 1.58. The molecule has 0 bridgehead atoms. The molecule has 1 aliphatic rings. The van der Waals surface area contributed by atoms with Gasteiger partial charge in [0, 0.05) is 31.9 Å². The first-order chi connectivity index (χ1) is 10.6. The fraction of sp³-hybridized carbons (Fsp3) is 0.357. The van der Waals surface area contributed by atoms with Gasteiger partial charge in [0.25, 0.3) is 0 Å². The largest absolute Gasteiger partial charge is 0.345 e. The number of rotatable bonds is 2. The summed E-state index contributed by atoms with van der Waals surface area (Å²) in [7, 11) is 2.03. The number of fused-ring (bicyclic) bond motifs is 1. The molecule has 2 aromatic rings. The normalized spacial score (nSPS) is 16.6. The van der Waals surface area contributed by atoms with Crippen LogP contribution in [0.3, 0.4) is 0 Å². The maximum atomic E-state index is 11.9. The second kappa shape index (κ2) is 6.12. The van der Waals surface area contributed by atoms with E-state index in [1.54, 1.807) is 29.5 Å². The van der Waals surface area contributed by atoms with Crippen molar-refractivity contribution >= 4 is 28.5 Å². The molecule has 0 radical (unpaired) electrons. The van der Waals surface area contributed by atoms with E-state index in [0.29, 0.717) is 18.8 Å². The average Bonchev–Trinajstić information content (AvgIpc) is 2.97. The lowest BCUT2D eigenvalue weighted by Gasteiger charge is -2.32. The minimum Gasteiger partial charge on any atom is -0.345 e. The first kappa shape index (κ1) is 14.5. The van der Waals surface area contributed by atoms with E-state index in [9.17, 15) is 9.59 Å². The standard InChI is InChI=1S/C14H18N6O2/c1-19-4-6-20(7-5-19)18-14(22)13(21)17-10-2-3-11-12(8-10)16-9-15-11/h2-3,8-9H,4-7H2,1H3,(H,15,16)(H,17,21)(H,18,22). The number of anilines is 1. The number of hydrogen-bond donors (Lipinski definition) is 3. The molecule has 1 fully saturated rings. The van der Waals surface area contributed by atoms with Crippen LogP contribution in [-0.2, 0) is 9.59 Å². The number of carbonyl (C=O) groups is 2. The Hall–Kier alpha value is -2.45. The predicted molar refractivity (Wildman–Crippen MR) is 81.9 cm³/mol. The average molecular weight is 302 g/mol. The maximum absolute atomic E-state index is 11.9. The van der Waals surface area contributed by atoms with Gasteiger partial charge in [0.15, 0.2) is 0 Å². The second-order valence-corrected chi connectivity index (χ2v) is 5.32. The van der Waals surface area contributed by atoms with Crippen molar-refractivity contribution in [3.63, 3.8) is 0 Å². The summed E-state index contributed by atoms with van der Waals surface area (Å²) < 4.78 is 0. The number of imidazole rings is 1. The summed E-state index contributed by atoms with van der Waals surface area (Å²) in [6.45, 7) is 3.13. The van der Waals surface area contributed by atoms with E-state index >= 15 is 0 Å². The summed E-state index contributed by atoms with van der Waals surface area (Å²) in [5.74, 6) is -1.34. The summed E-state index contributed by atoms with van der Waals surface area (Å²) in [5.41, 5.74) is 4.79. The zero-order chi connectivity index (χ0) is 15.5. The fourth-order valence-corrected chi connectivity index (χ4v) is 2.31. The summed E-state index contributed by atoms with van der Waals surface area (Å²) in [4.78, 5) is 33.1. The van der Waals surface area contributed by atoms with Gasteiger partial charge >= 0.3 is 11.8 Å². The summed E-state index contributed by atoms with van der Waals surface area (Å²) in [5, 5.41) is 4.35. The lowest BCUT2D eigenvalue weighted by molar-refractivity contribution is -0.139. The van der Waals surface area contributed by atoms with Crippen LogP contribution in [0.1, 0.15) is 0 Å². The third-order valence-corrected chi connectivity index (χ3v) is 3.65. The molecule has 0 saturated carbocycles. The Morgan fingerprint density at radius 1 is 1.18 bits per heavy atom. The van der Waals surface area contributed by atoms with Crippen molar-refractivity contribution in [2.45, 2.75) is 0 Å². The fourth-order valence-electron chi connectivity index (χ4n) is 2.31. The Labute approximate surface area is 127 Å². The molecule has 1 aliphatic heterocycles. The highest BCUT2D eigenvalue weighted by atomic mass is 16.2. The van der Waals surface area contributed by atoms with Crippen molar-refractivity contribution in [1.29, 1.82) is 0 Å². The minimum absolute atomic E-state index is 0.551. The van der Waals surface area contributed by atoms with Crippen molar-refractivity contribution in [1.82, 2.24) is 25.3 Å². The Kier molecular flexibility index (Phi) is 4.03. The second-order valence-electron chi connectivity index (χ2n) is 5.32. The van der Waals surface area contributed by atoms with Crippen LogP contribution in [0.5, 0.6) is 0 Å². The third-order valence-electron chi connectivity index (χ3n) is 3.65. The van der Waals surface area contributed by atoms with E-state index in [1.165, 1.54) is 0 Å². The van der Waals surface area contributed by atoms with Gasteiger partial charge in [0.1, 0.15) is 0 Å². The van der Waals surface area contributed by atoms with E-state index in [2.05, 4.69) is 25.6 Å². The molecule has 0 aliphatic carbocycles. The minimum atomic E-state index is -0.683. The number of nitrogens with one attached hydrogen (secondary N) is 3. The SMILES string of the molecule is CN1CCN(NC(=O)C(=O)Nc2ccc3nc[nH]c3c2)CC1. The lowest BCUT2D eigenvalue weighted by atomic mass is 10.2. The highest BCUT2D eigenvalue weighted by Gasteiger charge is 2.20. The lowest BCUT2D eigenvalue weighted by Crippen LogP contribution is -2.54. The number of nitrogens with zero attached hydrogens (tertiary/aromatic N) is 3. The zero-order valence-corrected chi connectivity index (χ0v) is 12.3. The third kappa shape index (κ3) is 3.23. The van der Waals surface area contributed by atoms with Crippen LogP contribution in [0.2, 0.25) is 0 Å². The van der Waals surface area contributed by atoms with Gasteiger partial charge in [-0.05, 0) is 25.2 Å². The number of hydrogen-bond acceptors (Lipinski definition) is 5. The Morgan fingerprint density at radius 2 is 1.95 bits per heavy atom. The molecule has 3 N–H and O–H groups in total. The van der Waals surface area contributed by atoms with Crippen LogP contribution < -0.4 is 10.7 Å². The van der Waals surface area contributed by atoms with E-state index in [0.717, 1.165) is 24.1 Å². The Bertz CT molecular complexity index is 689. The van der Waals surface area contributed by atoms with Crippen LogP contribution in [-0.4, -0.2) is 64.9 Å². The molecule has 0 spiro atoms. The Balaban J connectivity index is 1.57. The quantitative estimate of drug-likeness (QED) is 0.667. The molecule has 1 aromatic heterocycles. The molecule has 8 heteroatoms. The predicted octanol–water partition coefficient (Wildman–Crippen LogP) is -0.220. The molecule has 3 rings (SSSR count). The Morgan fingerprint density at radius 3 is 2.73 bits per heavy atom. The van der Waals surface area contributed by atoms with Crippen LogP contribution in [0, 0.1) is 0 Å². The van der Waals surface area contributed by atoms with Crippen LogP contribution in [0.25, 0.3) is 11.0 Å². The maximum Gasteiger partial charge on any atom is 0.323 e. The highest BCUT2D eigenvalue weighted by Crippen LogP contribution is 2.15. The number of aromatic nitrogens is 2. The van der Waals surface area contributed by atoms with Crippen LogP contribution in [0.15, 0.2) is 24.5 Å². The van der Waals surface area contributed by atoms with Crippen LogP contribution in [0.4, 0.5) is 5.69 Å². The zero-order valence-electron chi connectivity index (χ0n) is 12.3. The smallest absolute Gasteiger partial charge is 0.323 e. The van der Waals surface area contributed by atoms with E-state index in [4.69, 9.17) is 0 Å². The van der Waals surface area contributed by atoms with Crippen molar-refractivity contribution in [2.24, 2.45) is 0 Å². The molecule has 1 aromatic carbocycles. The molecule has 8 nitrogen and oxygen atoms in total. The molecule has 0 unspecified atom stereocenters. The number of piperazine rings is 1. The molecular formula is C14H18N6O2. The number of H-pyrrole nitrogens is 1. The molecular weight excluding hydrogens is 284 g/mol. The van der Waals surface area contributed by atoms with Gasteiger partial charge < -0.3 is 15.2 Å². The number of likely N-dealkylation sites (N-methyl/N-ethyl adjacent to an activating group) is 1. The van der Waals surface area contributed by atoms with E-state index < -0.39 is 11.8 Å². The summed E-state index contributed by atoms with van der Waals surface area (Å²) >= 11 is 0. The molecule has 2 amide bonds. The first-order valence-electron chi connectivity index (χ1n) is 7.10. The van der Waals surface area contributed by atoms with E-state index in [-0.39, 0.29) is 0 Å². The first-order valence-corrected chi connectivity index (χ1v) is 7.10. The molecule has 116 valence electrons. The van der Waals surface area contributed by atoms with Gasteiger partial charge in [-0.2, -0.15) is 0 Å². The monoisotopic (exact) mass is 302 g/mol. The molecule has 0 atom stereocenters. The van der Waals surface area contributed by atoms with Crippen LogP contribution >= 0.6 is 0 Å². The van der Waals surface area contributed by atoms with Crippen molar-refractivity contribution < 1.29 is 9.59 Å². The number of hydrazine groups is 1. The molecule has 2 heterocycles. The number of carbonyl (C=O) groups excluding carboxylic acids is 2. The van der Waals surface area contributed by atoms with Gasteiger partial charge in [0.05, 0.1) is 17.4 Å². The van der Waals surface area contributed by atoms with Crippen molar-refractivity contribution in [2.75, 3.05) is 38.5 Å². The van der Waals surface area contributed by atoms with Gasteiger partial charge in [-0.1, -0.05) is 0 Å². The number of benzene rings is 1. The number of aromatic amines is 1. The molecule has 22 heavy (non-hydrogen) atoms. The van der Waals surface area contributed by atoms with E-state index in [1.807, 2.05) is 7.05 Å². The summed E-state index contributed by atoms with van der Waals surface area (Å²) in [6, 6.07) is 5.23. The van der Waals surface area contributed by atoms with Gasteiger partial charge in [-0.3, -0.25) is 15.0 Å². The van der Waals surface area contributed by atoms with Crippen molar-refractivity contribution in [3.8, 4) is 0 Å². The number of amides is 2. The topological polar surface area (TPSA) is 93.4 Å². The van der Waals surface area contributed by atoms with Crippen molar-refractivity contribution in [3.05, 3.63) is 24.5 Å². The van der Waals surface area contributed by atoms with Gasteiger partial charge in [-0.25, -0.2) is 9.99 Å². The molecule has 1 saturated heterocycles.